The quantitative estimate of drug-likeness (QED) is 0.200. The molecule has 0 fully saturated rings. The molecule has 0 rings (SSSR count). The molecule has 0 aliphatic heterocycles. The summed E-state index contributed by atoms with van der Waals surface area (Å²) < 4.78 is 15.5. The average Bonchev–Trinajstić information content (AvgIpc) is 2.63. The van der Waals surface area contributed by atoms with Gasteiger partial charge in [-0.3, -0.25) is 0 Å². The fourth-order valence-corrected chi connectivity index (χ4v) is 4.60. The minimum Gasteiger partial charge on any atom is -0.377 e. The van der Waals surface area contributed by atoms with Gasteiger partial charge in [0.2, 0.25) is 0 Å². The van der Waals surface area contributed by atoms with E-state index in [-0.39, 0.29) is 0 Å². The molecule has 2 N–H and O–H groups in total. The Hall–Kier alpha value is 0.537. The maximum atomic E-state index is 5.36. The molecule has 0 aromatic heterocycles. The van der Waals surface area contributed by atoms with Crippen LogP contribution in [-0.4, -0.2) is 42.0 Å². The van der Waals surface area contributed by atoms with Crippen molar-refractivity contribution in [3.05, 3.63) is 0 Å². The van der Waals surface area contributed by atoms with E-state index in [2.05, 4.69) is 22.9 Å². The van der Waals surface area contributed by atoms with Gasteiger partial charge in [0, 0.05) is 32.7 Å². The fourth-order valence-electron chi connectivity index (χ4n) is 2.46. The Kier molecular flexibility index (Phi) is 24.1. The summed E-state index contributed by atoms with van der Waals surface area (Å²) in [4.78, 5) is 0. The summed E-state index contributed by atoms with van der Waals surface area (Å²) >= 11 is 3.46. The molecule has 4 nitrogen and oxygen atoms in total. The van der Waals surface area contributed by atoms with Crippen LogP contribution in [0, 0.1) is 0 Å². The first kappa shape index (κ1) is 26.8. The van der Waals surface area contributed by atoms with E-state index in [0.717, 1.165) is 12.5 Å². The topological polar surface area (TPSA) is 53.7 Å². The zero-order valence-corrected chi connectivity index (χ0v) is 19.2. The second-order valence-electron chi connectivity index (χ2n) is 6.06. The molecule has 0 amide bonds. The number of rotatable bonds is 16. The van der Waals surface area contributed by atoms with Gasteiger partial charge in [0.05, 0.1) is 0 Å². The molecule has 0 aromatic rings. The molecule has 0 saturated carbocycles. The molecule has 0 unspecified atom stereocenters. The molecule has 0 aromatic carbocycles. The van der Waals surface area contributed by atoms with E-state index in [0.29, 0.717) is 6.54 Å². The minimum absolute atomic E-state index is 0.644. The third kappa shape index (κ3) is 17.4. The summed E-state index contributed by atoms with van der Waals surface area (Å²) in [6, 6.07) is 0.785. The van der Waals surface area contributed by atoms with Crippen molar-refractivity contribution in [1.82, 2.24) is 0 Å². The lowest BCUT2D eigenvalue weighted by Crippen LogP contribution is -2.42. The van der Waals surface area contributed by atoms with Crippen LogP contribution in [0.4, 0.5) is 0 Å². The van der Waals surface area contributed by atoms with Gasteiger partial charge in [0.1, 0.15) is 0 Å². The van der Waals surface area contributed by atoms with Crippen LogP contribution in [0.1, 0.15) is 77.6 Å². The largest absolute Gasteiger partial charge is 0.500 e. The Morgan fingerprint density at radius 3 is 1.46 bits per heavy atom. The third-order valence-corrected chi connectivity index (χ3v) is 7.50. The van der Waals surface area contributed by atoms with Gasteiger partial charge in [0.15, 0.2) is 0 Å². The maximum Gasteiger partial charge on any atom is 0.500 e. The maximum absolute atomic E-state index is 5.36. The summed E-state index contributed by atoms with van der Waals surface area (Å²) in [6.45, 7) is 2.92. The van der Waals surface area contributed by atoms with Crippen molar-refractivity contribution >= 4 is 24.7 Å². The van der Waals surface area contributed by atoms with Crippen molar-refractivity contribution in [3.63, 3.8) is 0 Å². The highest BCUT2D eigenvalue weighted by Gasteiger charge is 2.36. The predicted molar refractivity (Wildman–Crippen MR) is 111 cm³/mol. The monoisotopic (exact) mass is 427 g/mol. The van der Waals surface area contributed by atoms with Crippen LogP contribution in [-0.2, 0) is 13.3 Å². The van der Waals surface area contributed by atoms with Crippen molar-refractivity contribution in [3.8, 4) is 0 Å². The highest BCUT2D eigenvalue weighted by molar-refractivity contribution is 9.09. The van der Waals surface area contributed by atoms with Crippen LogP contribution in [0.15, 0.2) is 0 Å². The smallest absolute Gasteiger partial charge is 0.377 e. The first-order chi connectivity index (χ1) is 11.7. The summed E-state index contributed by atoms with van der Waals surface area (Å²) in [6.07, 6.45) is 15.2. The van der Waals surface area contributed by atoms with Crippen LogP contribution in [0.2, 0.25) is 6.04 Å². The first-order valence-electron chi connectivity index (χ1n) is 9.57. The second kappa shape index (κ2) is 21.6. The second-order valence-corrected chi connectivity index (χ2v) is 9.94. The molecule has 6 heteroatoms. The molecule has 0 radical (unpaired) electrons. The van der Waals surface area contributed by atoms with E-state index in [1.807, 2.05) is 0 Å². The number of hydrogen-bond donors (Lipinski definition) is 1. The zero-order chi connectivity index (χ0) is 18.5. The van der Waals surface area contributed by atoms with E-state index in [9.17, 15) is 0 Å². The summed E-state index contributed by atoms with van der Waals surface area (Å²) in [7, 11) is 2.50. The van der Waals surface area contributed by atoms with Gasteiger partial charge in [-0.05, 0) is 19.4 Å². The van der Waals surface area contributed by atoms with Gasteiger partial charge in [-0.15, -0.1) is 0 Å². The molecule has 0 heterocycles. The van der Waals surface area contributed by atoms with Crippen molar-refractivity contribution in [2.24, 2.45) is 5.73 Å². The van der Waals surface area contributed by atoms with E-state index >= 15 is 0 Å². The molecular formula is C18H42BrNO3Si. The third-order valence-electron chi connectivity index (χ3n) is 4.11. The SMILES string of the molecule is CCCCCCCCCCCCBr.CO[Si](CCCN)(OC)OC. The Morgan fingerprint density at radius 2 is 1.12 bits per heavy atom. The lowest BCUT2D eigenvalue weighted by atomic mass is 10.1. The number of halogens is 1. The number of hydrogen-bond acceptors (Lipinski definition) is 4. The predicted octanol–water partition coefficient (Wildman–Crippen LogP) is 5.52. The highest BCUT2D eigenvalue weighted by Crippen LogP contribution is 2.13. The van der Waals surface area contributed by atoms with Gasteiger partial charge in [-0.25, -0.2) is 0 Å². The number of nitrogens with two attached hydrogens (primary N) is 1. The number of alkyl halides is 1. The van der Waals surface area contributed by atoms with E-state index in [4.69, 9.17) is 19.0 Å². The Balaban J connectivity index is 0. The molecule has 0 bridgehead atoms. The van der Waals surface area contributed by atoms with Gasteiger partial charge >= 0.3 is 8.80 Å². The molecule has 0 atom stereocenters. The van der Waals surface area contributed by atoms with Crippen molar-refractivity contribution < 1.29 is 13.3 Å². The molecule has 0 saturated heterocycles. The summed E-state index contributed by atoms with van der Waals surface area (Å²) in [5.74, 6) is 0. The van der Waals surface area contributed by atoms with Gasteiger partial charge in [0.25, 0.3) is 0 Å². The first-order valence-corrected chi connectivity index (χ1v) is 12.6. The summed E-state index contributed by atoms with van der Waals surface area (Å²) in [5.41, 5.74) is 5.36. The summed E-state index contributed by atoms with van der Waals surface area (Å²) in [5, 5.41) is 1.18. The van der Waals surface area contributed by atoms with Crippen LogP contribution >= 0.6 is 15.9 Å². The van der Waals surface area contributed by atoms with E-state index in [1.165, 1.54) is 69.5 Å². The van der Waals surface area contributed by atoms with Gasteiger partial charge in [-0.2, -0.15) is 0 Å². The standard InChI is InChI=1S/C12H25Br.C6H17NO3Si/c1-2-3-4-5-6-7-8-9-10-11-12-13;1-8-11(9-2,10-3)6-4-5-7/h2-12H2,1H3;4-7H2,1-3H3. The fraction of sp³-hybridized carbons (Fsp3) is 1.00. The van der Waals surface area contributed by atoms with Crippen molar-refractivity contribution in [2.45, 2.75) is 83.6 Å². The van der Waals surface area contributed by atoms with Crippen LogP contribution in [0.5, 0.6) is 0 Å². The number of unbranched alkanes of at least 4 members (excludes halogenated alkanes) is 9. The van der Waals surface area contributed by atoms with Crippen LogP contribution in [0.25, 0.3) is 0 Å². The molecule has 24 heavy (non-hydrogen) atoms. The Labute approximate surface area is 160 Å². The van der Waals surface area contributed by atoms with E-state index < -0.39 is 8.80 Å². The van der Waals surface area contributed by atoms with Crippen LogP contribution < -0.4 is 5.73 Å². The van der Waals surface area contributed by atoms with Crippen molar-refractivity contribution in [2.75, 3.05) is 33.2 Å². The molecular weight excluding hydrogens is 386 g/mol. The highest BCUT2D eigenvalue weighted by atomic mass is 79.9. The molecule has 0 spiro atoms. The van der Waals surface area contributed by atoms with Crippen LogP contribution in [0.3, 0.4) is 0 Å². The average molecular weight is 429 g/mol. The Bertz CT molecular complexity index is 214. The zero-order valence-electron chi connectivity index (χ0n) is 16.6. The lowest BCUT2D eigenvalue weighted by Gasteiger charge is -2.23. The Morgan fingerprint density at radius 1 is 0.708 bits per heavy atom. The molecule has 0 aliphatic carbocycles. The van der Waals surface area contributed by atoms with E-state index in [1.54, 1.807) is 21.3 Å². The van der Waals surface area contributed by atoms with Crippen molar-refractivity contribution in [1.29, 1.82) is 0 Å². The lowest BCUT2D eigenvalue weighted by molar-refractivity contribution is 0.123. The molecule has 148 valence electrons. The van der Waals surface area contributed by atoms with Gasteiger partial charge in [-0.1, -0.05) is 80.6 Å². The minimum atomic E-state index is -2.32. The normalized spacial score (nSPS) is 11.2. The molecule has 0 aliphatic rings. The van der Waals surface area contributed by atoms with Gasteiger partial charge < -0.3 is 19.0 Å².